The first-order chi connectivity index (χ1) is 17.8. The molecule has 2 N–H and O–H groups in total. The topological polar surface area (TPSA) is 97.0 Å². The molecule has 4 amide bonds. The van der Waals surface area contributed by atoms with Gasteiger partial charge in [-0.3, -0.25) is 9.59 Å². The zero-order valence-electron chi connectivity index (χ0n) is 20.4. The number of ether oxygens (including phenoxy) is 2. The summed E-state index contributed by atoms with van der Waals surface area (Å²) in [4.78, 5) is 38.7. The maximum Gasteiger partial charge on any atom is 0.329 e. The van der Waals surface area contributed by atoms with Crippen LogP contribution in [-0.4, -0.2) is 35.9 Å². The molecule has 0 saturated carbocycles. The fourth-order valence-electron chi connectivity index (χ4n) is 3.75. The highest BCUT2D eigenvalue weighted by atomic mass is 127. The molecule has 0 unspecified atom stereocenters. The van der Waals surface area contributed by atoms with Crippen LogP contribution in [0.2, 0.25) is 0 Å². The summed E-state index contributed by atoms with van der Waals surface area (Å²) in [6.45, 7) is 4.19. The lowest BCUT2D eigenvalue weighted by Crippen LogP contribution is -2.38. The normalized spacial score (nSPS) is 14.0. The molecule has 0 aliphatic carbocycles. The molecule has 3 aromatic carbocycles. The number of halogens is 1. The summed E-state index contributed by atoms with van der Waals surface area (Å²) in [5.74, 6) is 0.0817. The average molecular weight is 611 g/mol. The van der Waals surface area contributed by atoms with Crippen LogP contribution >= 0.6 is 22.6 Å². The Morgan fingerprint density at radius 1 is 1.05 bits per heavy atom. The molecule has 1 saturated heterocycles. The number of benzene rings is 3. The van der Waals surface area contributed by atoms with Gasteiger partial charge in [0.1, 0.15) is 18.8 Å². The first-order valence-corrected chi connectivity index (χ1v) is 12.8. The van der Waals surface area contributed by atoms with Crippen LogP contribution in [0.5, 0.6) is 11.5 Å². The number of urea groups is 1. The Hall–Kier alpha value is -3.86. The van der Waals surface area contributed by atoms with Gasteiger partial charge < -0.3 is 20.1 Å². The number of anilines is 1. The Labute approximate surface area is 228 Å². The number of nitrogens with zero attached hydrogens (tertiary/aromatic N) is 1. The Morgan fingerprint density at radius 3 is 2.57 bits per heavy atom. The number of imide groups is 1. The predicted molar refractivity (Wildman–Crippen MR) is 149 cm³/mol. The van der Waals surface area contributed by atoms with Gasteiger partial charge >= 0.3 is 6.03 Å². The standard InChI is InChI=1S/C28H26IN3O5/c1-3-36-24-15-20(13-22(29)26(24)37-17-19-9-5-4-6-10-19)14-23-27(34)32(28(35)31-23)16-25(33)30-21-11-7-8-18(2)12-21/h4-15H,3,16-17H2,1-2H3,(H,30,33)(H,31,35)/b23-14+. The lowest BCUT2D eigenvalue weighted by atomic mass is 10.1. The molecule has 1 fully saturated rings. The monoisotopic (exact) mass is 611 g/mol. The van der Waals surface area contributed by atoms with Gasteiger partial charge in [-0.1, -0.05) is 42.5 Å². The minimum absolute atomic E-state index is 0.0737. The summed E-state index contributed by atoms with van der Waals surface area (Å²) in [5, 5.41) is 5.27. The van der Waals surface area contributed by atoms with Gasteiger partial charge in [0.2, 0.25) is 5.91 Å². The molecule has 1 heterocycles. The van der Waals surface area contributed by atoms with E-state index in [-0.39, 0.29) is 5.70 Å². The van der Waals surface area contributed by atoms with Gasteiger partial charge in [-0.25, -0.2) is 9.69 Å². The fraction of sp³-hybridized carbons (Fsp3) is 0.179. The third-order valence-electron chi connectivity index (χ3n) is 5.43. The quantitative estimate of drug-likeness (QED) is 0.199. The highest BCUT2D eigenvalue weighted by Gasteiger charge is 2.35. The van der Waals surface area contributed by atoms with E-state index in [1.165, 1.54) is 0 Å². The van der Waals surface area contributed by atoms with Crippen molar-refractivity contribution in [2.45, 2.75) is 20.5 Å². The second kappa shape index (κ2) is 11.9. The second-order valence-electron chi connectivity index (χ2n) is 8.33. The largest absolute Gasteiger partial charge is 0.490 e. The van der Waals surface area contributed by atoms with Crippen molar-refractivity contribution in [2.24, 2.45) is 0 Å². The van der Waals surface area contributed by atoms with E-state index in [4.69, 9.17) is 9.47 Å². The number of carbonyl (C=O) groups is 3. The molecule has 1 aliphatic rings. The van der Waals surface area contributed by atoms with Crippen molar-refractivity contribution >= 4 is 52.2 Å². The van der Waals surface area contributed by atoms with Crippen LogP contribution < -0.4 is 20.1 Å². The highest BCUT2D eigenvalue weighted by molar-refractivity contribution is 14.1. The summed E-state index contributed by atoms with van der Waals surface area (Å²) in [7, 11) is 0. The maximum absolute atomic E-state index is 12.9. The molecule has 9 heteroatoms. The molecule has 0 bridgehead atoms. The van der Waals surface area contributed by atoms with Gasteiger partial charge in [-0.05, 0) is 83.5 Å². The van der Waals surface area contributed by atoms with E-state index in [9.17, 15) is 14.4 Å². The van der Waals surface area contributed by atoms with Gasteiger partial charge in [0.25, 0.3) is 5.91 Å². The molecule has 8 nitrogen and oxygen atoms in total. The van der Waals surface area contributed by atoms with Gasteiger partial charge in [-0.15, -0.1) is 0 Å². The Kier molecular flexibility index (Phi) is 8.44. The van der Waals surface area contributed by atoms with Crippen LogP contribution in [0.4, 0.5) is 10.5 Å². The molecule has 37 heavy (non-hydrogen) atoms. The molecular weight excluding hydrogens is 585 g/mol. The molecule has 0 spiro atoms. The zero-order chi connectivity index (χ0) is 26.4. The van der Waals surface area contributed by atoms with E-state index < -0.39 is 24.4 Å². The number of hydrogen-bond donors (Lipinski definition) is 2. The number of rotatable bonds is 9. The predicted octanol–water partition coefficient (Wildman–Crippen LogP) is 5.11. The van der Waals surface area contributed by atoms with E-state index in [1.807, 2.05) is 62.4 Å². The van der Waals surface area contributed by atoms with E-state index in [0.717, 1.165) is 19.6 Å². The van der Waals surface area contributed by atoms with E-state index in [0.29, 0.717) is 36.0 Å². The highest BCUT2D eigenvalue weighted by Crippen LogP contribution is 2.35. The van der Waals surface area contributed by atoms with Crippen LogP contribution in [0.25, 0.3) is 6.08 Å². The van der Waals surface area contributed by atoms with E-state index >= 15 is 0 Å². The fourth-order valence-corrected chi connectivity index (χ4v) is 4.53. The third kappa shape index (κ3) is 6.67. The van der Waals surface area contributed by atoms with E-state index in [1.54, 1.807) is 24.3 Å². The van der Waals surface area contributed by atoms with Gasteiger partial charge in [0, 0.05) is 5.69 Å². The van der Waals surface area contributed by atoms with Gasteiger partial charge in [0.05, 0.1) is 10.2 Å². The third-order valence-corrected chi connectivity index (χ3v) is 6.24. The molecule has 190 valence electrons. The molecule has 0 radical (unpaired) electrons. The van der Waals surface area contributed by atoms with Crippen LogP contribution in [0.15, 0.2) is 72.4 Å². The number of aryl methyl sites for hydroxylation is 1. The minimum atomic E-state index is -0.654. The summed E-state index contributed by atoms with van der Waals surface area (Å²) in [5.41, 5.74) is 3.33. The van der Waals surface area contributed by atoms with Crippen molar-refractivity contribution in [1.29, 1.82) is 0 Å². The summed E-state index contributed by atoms with van der Waals surface area (Å²) in [6.07, 6.45) is 1.56. The summed E-state index contributed by atoms with van der Waals surface area (Å²) in [6, 6.07) is 20.0. The average Bonchev–Trinajstić information content (AvgIpc) is 3.11. The molecule has 0 atom stereocenters. The van der Waals surface area contributed by atoms with Crippen LogP contribution in [0.1, 0.15) is 23.6 Å². The lowest BCUT2D eigenvalue weighted by molar-refractivity contribution is -0.127. The SMILES string of the molecule is CCOc1cc(/C=C2/NC(=O)N(CC(=O)Nc3cccc(C)c3)C2=O)cc(I)c1OCc1ccccc1. The van der Waals surface area contributed by atoms with Crippen LogP contribution in [0, 0.1) is 10.5 Å². The van der Waals surface area contributed by atoms with Crippen LogP contribution in [-0.2, 0) is 16.2 Å². The molecule has 4 rings (SSSR count). The molecule has 3 aromatic rings. The van der Waals surface area contributed by atoms with Crippen molar-refractivity contribution in [3.8, 4) is 11.5 Å². The Balaban J connectivity index is 1.49. The van der Waals surface area contributed by atoms with Gasteiger partial charge in [0.15, 0.2) is 11.5 Å². The molecule has 1 aliphatic heterocycles. The summed E-state index contributed by atoms with van der Waals surface area (Å²) >= 11 is 2.15. The zero-order valence-corrected chi connectivity index (χ0v) is 22.6. The Morgan fingerprint density at radius 2 is 1.84 bits per heavy atom. The summed E-state index contributed by atoms with van der Waals surface area (Å²) < 4.78 is 12.6. The van der Waals surface area contributed by atoms with Crippen LogP contribution in [0.3, 0.4) is 0 Å². The minimum Gasteiger partial charge on any atom is -0.490 e. The van der Waals surface area contributed by atoms with Crippen molar-refractivity contribution in [1.82, 2.24) is 10.2 Å². The van der Waals surface area contributed by atoms with Crippen molar-refractivity contribution in [3.05, 3.63) is 92.7 Å². The number of carbonyl (C=O) groups excluding carboxylic acids is 3. The first kappa shape index (κ1) is 26.2. The first-order valence-electron chi connectivity index (χ1n) is 11.7. The number of amides is 4. The Bertz CT molecular complexity index is 1360. The maximum atomic E-state index is 12.9. The lowest BCUT2D eigenvalue weighted by Gasteiger charge is -2.15. The number of hydrogen-bond acceptors (Lipinski definition) is 5. The van der Waals surface area contributed by atoms with Crippen molar-refractivity contribution < 1.29 is 23.9 Å². The number of nitrogens with one attached hydrogen (secondary N) is 2. The molecule has 0 aromatic heterocycles. The van der Waals surface area contributed by atoms with Gasteiger partial charge in [-0.2, -0.15) is 0 Å². The smallest absolute Gasteiger partial charge is 0.329 e. The molecular formula is C28H26IN3O5. The van der Waals surface area contributed by atoms with Crippen molar-refractivity contribution in [2.75, 3.05) is 18.5 Å². The van der Waals surface area contributed by atoms with E-state index in [2.05, 4.69) is 33.2 Å². The van der Waals surface area contributed by atoms with Crippen molar-refractivity contribution in [3.63, 3.8) is 0 Å². The second-order valence-corrected chi connectivity index (χ2v) is 9.50.